The third-order valence-electron chi connectivity index (χ3n) is 5.28. The molecule has 3 atom stereocenters. The van der Waals surface area contributed by atoms with Crippen LogP contribution in [0.25, 0.3) is 0 Å². The Morgan fingerprint density at radius 3 is 2.19 bits per heavy atom. The second-order valence-corrected chi connectivity index (χ2v) is 11.0. The monoisotopic (exact) mass is 466 g/mol. The van der Waals surface area contributed by atoms with E-state index in [0.29, 0.717) is 10.8 Å². The van der Waals surface area contributed by atoms with Crippen LogP contribution >= 0.6 is 11.6 Å². The van der Waals surface area contributed by atoms with Gasteiger partial charge < -0.3 is 20.5 Å². The minimum absolute atomic E-state index is 0.0829. The molecule has 3 rings (SSSR count). The number of rotatable bonds is 6. The van der Waals surface area contributed by atoms with Gasteiger partial charge >= 0.3 is 6.09 Å². The van der Waals surface area contributed by atoms with E-state index in [1.807, 2.05) is 0 Å². The van der Waals surface area contributed by atoms with Crippen LogP contribution in [-0.4, -0.2) is 44.6 Å². The standard InChI is InChI=1S/C22H27ClN2O5S/c1-21(2,3)30-20(26)25-22(13-24)18(14-5-9-16(29-4)10-6-14)19(22)31(27,28)17-11-7-15(23)8-12-17/h5-12,18-19H,13,24H2,1-4H3,(H,25,26)/t18-,19+,22+/m1/s1. The normalized spacial score (nSPS) is 23.2. The summed E-state index contributed by atoms with van der Waals surface area (Å²) in [5.41, 5.74) is 4.85. The highest BCUT2D eigenvalue weighted by Crippen LogP contribution is 2.57. The molecule has 1 aliphatic carbocycles. The molecule has 0 saturated heterocycles. The van der Waals surface area contributed by atoms with E-state index in [4.69, 9.17) is 26.8 Å². The average molecular weight is 467 g/mol. The van der Waals surface area contributed by atoms with Crippen molar-refractivity contribution in [1.29, 1.82) is 0 Å². The Labute approximate surface area is 187 Å². The van der Waals surface area contributed by atoms with Crippen molar-refractivity contribution in [3.63, 3.8) is 0 Å². The van der Waals surface area contributed by atoms with Gasteiger partial charge in [0.2, 0.25) is 0 Å². The number of carbonyl (C=O) groups is 1. The molecule has 3 N–H and O–H groups in total. The van der Waals surface area contributed by atoms with Gasteiger partial charge in [0.1, 0.15) is 16.6 Å². The smallest absolute Gasteiger partial charge is 0.408 e. The summed E-state index contributed by atoms with van der Waals surface area (Å²) in [6.07, 6.45) is -0.717. The van der Waals surface area contributed by atoms with E-state index in [9.17, 15) is 13.2 Å². The van der Waals surface area contributed by atoms with E-state index in [2.05, 4.69) is 5.32 Å². The van der Waals surface area contributed by atoms with Crippen LogP contribution in [0.4, 0.5) is 4.79 Å². The lowest BCUT2D eigenvalue weighted by molar-refractivity contribution is 0.0497. The number of ether oxygens (including phenoxy) is 2. The quantitative estimate of drug-likeness (QED) is 0.674. The molecule has 0 aromatic heterocycles. The van der Waals surface area contributed by atoms with Crippen molar-refractivity contribution in [2.24, 2.45) is 5.73 Å². The fourth-order valence-electron chi connectivity index (χ4n) is 3.85. The summed E-state index contributed by atoms with van der Waals surface area (Å²) in [6, 6.07) is 13.0. The van der Waals surface area contributed by atoms with Gasteiger partial charge in [0, 0.05) is 17.5 Å². The first-order valence-corrected chi connectivity index (χ1v) is 11.7. The van der Waals surface area contributed by atoms with Crippen LogP contribution in [0.15, 0.2) is 53.4 Å². The minimum atomic E-state index is -3.84. The molecule has 0 aliphatic heterocycles. The van der Waals surface area contributed by atoms with Crippen molar-refractivity contribution < 1.29 is 22.7 Å². The summed E-state index contributed by atoms with van der Waals surface area (Å²) in [5, 5.41) is 2.23. The third-order valence-corrected chi connectivity index (χ3v) is 7.82. The van der Waals surface area contributed by atoms with Gasteiger partial charge in [0.05, 0.1) is 17.5 Å². The van der Waals surface area contributed by atoms with Crippen LogP contribution in [-0.2, 0) is 14.6 Å². The zero-order chi connectivity index (χ0) is 23.0. The zero-order valence-corrected chi connectivity index (χ0v) is 19.5. The SMILES string of the molecule is COc1ccc([C@@H]2[C@H](S(=O)(=O)c3ccc(Cl)cc3)[C@@]2(CN)NC(=O)OC(C)(C)C)cc1. The molecule has 0 heterocycles. The number of hydrogen-bond acceptors (Lipinski definition) is 6. The second kappa shape index (κ2) is 8.33. The summed E-state index contributed by atoms with van der Waals surface area (Å²) in [5.74, 6) is 0.0801. The van der Waals surface area contributed by atoms with E-state index in [1.54, 1.807) is 52.1 Å². The molecule has 1 amide bonds. The maximum absolute atomic E-state index is 13.5. The first-order valence-electron chi connectivity index (χ1n) is 9.79. The number of nitrogens with two attached hydrogens (primary N) is 1. The number of carbonyl (C=O) groups excluding carboxylic acids is 1. The number of alkyl carbamates (subject to hydrolysis) is 1. The molecular formula is C22H27ClN2O5S. The predicted molar refractivity (Wildman–Crippen MR) is 119 cm³/mol. The molecule has 31 heavy (non-hydrogen) atoms. The minimum Gasteiger partial charge on any atom is -0.497 e. The summed E-state index contributed by atoms with van der Waals surface area (Å²) in [7, 11) is -2.29. The molecule has 1 aliphatic rings. The van der Waals surface area contributed by atoms with Gasteiger partial charge in [-0.05, 0) is 62.7 Å². The molecule has 0 unspecified atom stereocenters. The van der Waals surface area contributed by atoms with Crippen molar-refractivity contribution in [2.45, 2.75) is 48.0 Å². The molecule has 0 radical (unpaired) electrons. The Balaban J connectivity index is 2.03. The fourth-order valence-corrected chi connectivity index (χ4v) is 6.32. The maximum atomic E-state index is 13.5. The summed E-state index contributed by atoms with van der Waals surface area (Å²) >= 11 is 5.92. The molecule has 1 fully saturated rings. The Bertz CT molecular complexity index is 1050. The Morgan fingerprint density at radius 2 is 1.71 bits per heavy atom. The number of methoxy groups -OCH3 is 1. The van der Waals surface area contributed by atoms with E-state index >= 15 is 0 Å². The van der Waals surface area contributed by atoms with E-state index in [0.717, 1.165) is 5.56 Å². The van der Waals surface area contributed by atoms with Crippen molar-refractivity contribution in [1.82, 2.24) is 5.32 Å². The molecule has 0 spiro atoms. The second-order valence-electron chi connectivity index (χ2n) is 8.54. The van der Waals surface area contributed by atoms with Gasteiger partial charge in [-0.3, -0.25) is 0 Å². The van der Waals surface area contributed by atoms with Crippen molar-refractivity contribution in [3.05, 3.63) is 59.1 Å². The Hall–Kier alpha value is -2.29. The number of hydrogen-bond donors (Lipinski definition) is 2. The lowest BCUT2D eigenvalue weighted by Gasteiger charge is -2.24. The molecule has 7 nitrogen and oxygen atoms in total. The molecule has 0 bridgehead atoms. The van der Waals surface area contributed by atoms with Crippen LogP contribution in [0.3, 0.4) is 0 Å². The first kappa shape index (κ1) is 23.4. The van der Waals surface area contributed by atoms with Gasteiger partial charge in [-0.2, -0.15) is 0 Å². The highest BCUT2D eigenvalue weighted by atomic mass is 35.5. The molecule has 2 aromatic carbocycles. The summed E-state index contributed by atoms with van der Waals surface area (Å²) in [4.78, 5) is 12.7. The molecule has 2 aromatic rings. The van der Waals surface area contributed by atoms with Crippen molar-refractivity contribution in [3.8, 4) is 5.75 Å². The molecule has 9 heteroatoms. The van der Waals surface area contributed by atoms with Crippen molar-refractivity contribution in [2.75, 3.05) is 13.7 Å². The highest BCUT2D eigenvalue weighted by molar-refractivity contribution is 7.92. The van der Waals surface area contributed by atoms with E-state index in [-0.39, 0.29) is 11.4 Å². The number of amides is 1. The van der Waals surface area contributed by atoms with Gasteiger partial charge in [0.15, 0.2) is 9.84 Å². The lowest BCUT2D eigenvalue weighted by Crippen LogP contribution is -2.49. The third kappa shape index (κ3) is 4.66. The van der Waals surface area contributed by atoms with Gasteiger partial charge in [-0.1, -0.05) is 23.7 Å². The van der Waals surface area contributed by atoms with Crippen molar-refractivity contribution >= 4 is 27.5 Å². The number of halogens is 1. The summed E-state index contributed by atoms with van der Waals surface area (Å²) < 4.78 is 37.7. The van der Waals surface area contributed by atoms with Crippen LogP contribution in [0.2, 0.25) is 5.02 Å². The molecule has 1 saturated carbocycles. The van der Waals surface area contributed by atoms with Crippen LogP contribution in [0, 0.1) is 0 Å². The van der Waals surface area contributed by atoms with Gasteiger partial charge in [-0.15, -0.1) is 0 Å². The number of benzene rings is 2. The number of nitrogens with one attached hydrogen (secondary N) is 1. The van der Waals surface area contributed by atoms with Gasteiger partial charge in [0.25, 0.3) is 0 Å². The molecule has 168 valence electrons. The highest BCUT2D eigenvalue weighted by Gasteiger charge is 2.71. The van der Waals surface area contributed by atoms with E-state index < -0.39 is 38.2 Å². The van der Waals surface area contributed by atoms with Crippen LogP contribution in [0.1, 0.15) is 32.3 Å². The fraction of sp³-hybridized carbons (Fsp3) is 0.409. The predicted octanol–water partition coefficient (Wildman–Crippen LogP) is 3.51. The topological polar surface area (TPSA) is 108 Å². The molecular weight excluding hydrogens is 440 g/mol. The Kier molecular flexibility index (Phi) is 6.28. The van der Waals surface area contributed by atoms with Gasteiger partial charge in [-0.25, -0.2) is 13.2 Å². The average Bonchev–Trinajstić information content (AvgIpc) is 3.36. The lowest BCUT2D eigenvalue weighted by atomic mass is 10.1. The van der Waals surface area contributed by atoms with E-state index in [1.165, 1.54) is 24.3 Å². The van der Waals surface area contributed by atoms with Crippen LogP contribution in [0.5, 0.6) is 5.75 Å². The Morgan fingerprint density at radius 1 is 1.13 bits per heavy atom. The largest absolute Gasteiger partial charge is 0.497 e. The number of sulfone groups is 1. The maximum Gasteiger partial charge on any atom is 0.408 e. The zero-order valence-electron chi connectivity index (χ0n) is 17.9. The summed E-state index contributed by atoms with van der Waals surface area (Å²) in [6.45, 7) is 5.12. The van der Waals surface area contributed by atoms with Crippen LogP contribution < -0.4 is 15.8 Å². The first-order chi connectivity index (χ1) is 14.4.